The van der Waals surface area contributed by atoms with E-state index in [4.69, 9.17) is 4.98 Å². The molecule has 2 aromatic carbocycles. The number of benzene rings is 2. The van der Waals surface area contributed by atoms with Crippen molar-refractivity contribution < 1.29 is 0 Å². The SMILES string of the molecule is Cc1cn(-c2ccc(Nc3nc4c(s3)CCCC4c3ccccc3)cc2C)cn1. The van der Waals surface area contributed by atoms with E-state index >= 15 is 0 Å². The summed E-state index contributed by atoms with van der Waals surface area (Å²) in [6, 6.07) is 17.2. The fraction of sp³-hybridized carbons (Fsp3) is 0.250. The van der Waals surface area contributed by atoms with Crippen LogP contribution in [0.1, 0.15) is 46.2 Å². The van der Waals surface area contributed by atoms with Crippen molar-refractivity contribution in [3.05, 3.63) is 88.4 Å². The van der Waals surface area contributed by atoms with Crippen LogP contribution in [0.15, 0.2) is 61.1 Å². The molecule has 2 aromatic heterocycles. The molecule has 0 spiro atoms. The summed E-state index contributed by atoms with van der Waals surface area (Å²) in [6.07, 6.45) is 7.46. The van der Waals surface area contributed by atoms with Crippen LogP contribution in [0, 0.1) is 13.8 Å². The first-order valence-electron chi connectivity index (χ1n) is 10.1. The number of anilines is 2. The fourth-order valence-corrected chi connectivity index (χ4v) is 5.27. The average molecular weight is 401 g/mol. The Kier molecular flexibility index (Phi) is 4.68. The van der Waals surface area contributed by atoms with Gasteiger partial charge in [-0.05, 0) is 62.4 Å². The number of rotatable bonds is 4. The Morgan fingerprint density at radius 1 is 1.10 bits per heavy atom. The first-order chi connectivity index (χ1) is 14.2. The van der Waals surface area contributed by atoms with Gasteiger partial charge < -0.3 is 9.88 Å². The number of nitrogens with zero attached hydrogens (tertiary/aromatic N) is 3. The molecule has 1 atom stereocenters. The quantitative estimate of drug-likeness (QED) is 0.446. The van der Waals surface area contributed by atoms with Crippen molar-refractivity contribution in [1.29, 1.82) is 0 Å². The second-order valence-electron chi connectivity index (χ2n) is 7.73. The molecule has 0 saturated heterocycles. The van der Waals surface area contributed by atoms with Gasteiger partial charge in [-0.15, -0.1) is 11.3 Å². The maximum absolute atomic E-state index is 5.01. The summed E-state index contributed by atoms with van der Waals surface area (Å²) in [6.45, 7) is 4.14. The molecular formula is C24H24N4S. The summed E-state index contributed by atoms with van der Waals surface area (Å²) in [7, 11) is 0. The van der Waals surface area contributed by atoms with Gasteiger partial charge in [0, 0.05) is 28.4 Å². The second-order valence-corrected chi connectivity index (χ2v) is 8.82. The highest BCUT2D eigenvalue weighted by Crippen LogP contribution is 2.40. The van der Waals surface area contributed by atoms with Gasteiger partial charge in [0.25, 0.3) is 0 Å². The largest absolute Gasteiger partial charge is 0.332 e. The Morgan fingerprint density at radius 3 is 2.72 bits per heavy atom. The number of imidazole rings is 1. The average Bonchev–Trinajstić information content (AvgIpc) is 3.34. The first kappa shape index (κ1) is 18.1. The summed E-state index contributed by atoms with van der Waals surface area (Å²) < 4.78 is 2.07. The van der Waals surface area contributed by atoms with E-state index in [0.717, 1.165) is 28.6 Å². The molecule has 146 valence electrons. The first-order valence-corrected chi connectivity index (χ1v) is 10.9. The zero-order chi connectivity index (χ0) is 19.8. The lowest BCUT2D eigenvalue weighted by Crippen LogP contribution is -2.09. The summed E-state index contributed by atoms with van der Waals surface area (Å²) in [5, 5.41) is 4.53. The highest BCUT2D eigenvalue weighted by Gasteiger charge is 2.26. The Morgan fingerprint density at radius 2 is 1.97 bits per heavy atom. The lowest BCUT2D eigenvalue weighted by molar-refractivity contribution is 0.610. The van der Waals surface area contributed by atoms with Crippen LogP contribution < -0.4 is 5.32 Å². The molecule has 0 saturated carbocycles. The zero-order valence-electron chi connectivity index (χ0n) is 16.7. The smallest absolute Gasteiger partial charge is 0.187 e. The van der Waals surface area contributed by atoms with Crippen molar-refractivity contribution in [3.8, 4) is 5.69 Å². The molecule has 0 bridgehead atoms. The van der Waals surface area contributed by atoms with Crippen LogP contribution in [-0.4, -0.2) is 14.5 Å². The topological polar surface area (TPSA) is 42.7 Å². The van der Waals surface area contributed by atoms with Gasteiger partial charge in [0.05, 0.1) is 17.7 Å². The Labute approximate surface area is 175 Å². The number of hydrogen-bond donors (Lipinski definition) is 1. The predicted octanol–water partition coefficient (Wildman–Crippen LogP) is 6.16. The van der Waals surface area contributed by atoms with E-state index in [-0.39, 0.29) is 0 Å². The molecule has 1 N–H and O–H groups in total. The molecular weight excluding hydrogens is 376 g/mol. The van der Waals surface area contributed by atoms with Gasteiger partial charge in [-0.1, -0.05) is 30.3 Å². The third-order valence-corrected chi connectivity index (χ3v) is 6.64. The summed E-state index contributed by atoms with van der Waals surface area (Å²) in [5.74, 6) is 0.417. The van der Waals surface area contributed by atoms with E-state index in [2.05, 4.69) is 70.3 Å². The lowest BCUT2D eigenvalue weighted by atomic mass is 9.85. The van der Waals surface area contributed by atoms with Crippen molar-refractivity contribution in [2.75, 3.05) is 5.32 Å². The monoisotopic (exact) mass is 400 g/mol. The van der Waals surface area contributed by atoms with Crippen molar-refractivity contribution in [3.63, 3.8) is 0 Å². The van der Waals surface area contributed by atoms with Gasteiger partial charge in [0.2, 0.25) is 0 Å². The van der Waals surface area contributed by atoms with E-state index in [1.54, 1.807) is 11.3 Å². The second kappa shape index (κ2) is 7.48. The van der Waals surface area contributed by atoms with E-state index < -0.39 is 0 Å². The highest BCUT2D eigenvalue weighted by atomic mass is 32.1. The summed E-state index contributed by atoms with van der Waals surface area (Å²) >= 11 is 1.80. The van der Waals surface area contributed by atoms with Crippen LogP contribution in [0.3, 0.4) is 0 Å². The number of hydrogen-bond acceptors (Lipinski definition) is 4. The standard InChI is InChI=1S/C24H24N4S/c1-16-13-19(11-12-21(16)28-14-17(2)25-15-28)26-24-27-23-20(9-6-10-22(23)29-24)18-7-4-3-5-8-18/h3-5,7-8,11-15,20H,6,9-10H2,1-2H3,(H,26,27). The molecule has 1 aliphatic rings. The normalized spacial score (nSPS) is 15.9. The van der Waals surface area contributed by atoms with Crippen molar-refractivity contribution in [2.24, 2.45) is 0 Å². The molecule has 29 heavy (non-hydrogen) atoms. The van der Waals surface area contributed by atoms with Gasteiger partial charge >= 0.3 is 0 Å². The minimum absolute atomic E-state index is 0.417. The molecule has 0 amide bonds. The van der Waals surface area contributed by atoms with Gasteiger partial charge in [-0.2, -0.15) is 0 Å². The third kappa shape index (κ3) is 3.58. The highest BCUT2D eigenvalue weighted by molar-refractivity contribution is 7.15. The molecule has 0 radical (unpaired) electrons. The molecule has 5 heteroatoms. The van der Waals surface area contributed by atoms with Crippen LogP contribution in [0.4, 0.5) is 10.8 Å². The molecule has 4 nitrogen and oxygen atoms in total. The van der Waals surface area contributed by atoms with Crippen molar-refractivity contribution in [2.45, 2.75) is 39.0 Å². The van der Waals surface area contributed by atoms with Gasteiger partial charge in [-0.3, -0.25) is 0 Å². The number of nitrogens with one attached hydrogen (secondary N) is 1. The van der Waals surface area contributed by atoms with E-state index in [1.807, 2.05) is 19.4 Å². The van der Waals surface area contributed by atoms with Crippen LogP contribution in [0.5, 0.6) is 0 Å². The van der Waals surface area contributed by atoms with Crippen LogP contribution in [0.25, 0.3) is 5.69 Å². The molecule has 1 unspecified atom stereocenters. The fourth-order valence-electron chi connectivity index (χ4n) is 4.18. The maximum Gasteiger partial charge on any atom is 0.187 e. The van der Waals surface area contributed by atoms with Crippen LogP contribution in [0.2, 0.25) is 0 Å². The molecule has 1 aliphatic carbocycles. The molecule has 0 fully saturated rings. The van der Waals surface area contributed by atoms with Gasteiger partial charge in [-0.25, -0.2) is 9.97 Å². The molecule has 0 aliphatic heterocycles. The summed E-state index contributed by atoms with van der Waals surface area (Å²) in [5.41, 5.74) is 7.09. The Balaban J connectivity index is 1.41. The van der Waals surface area contributed by atoms with Crippen LogP contribution in [-0.2, 0) is 6.42 Å². The van der Waals surface area contributed by atoms with Crippen LogP contribution >= 0.6 is 11.3 Å². The molecule has 5 rings (SSSR count). The van der Waals surface area contributed by atoms with E-state index in [1.165, 1.54) is 34.5 Å². The minimum Gasteiger partial charge on any atom is -0.332 e. The van der Waals surface area contributed by atoms with E-state index in [0.29, 0.717) is 5.92 Å². The predicted molar refractivity (Wildman–Crippen MR) is 120 cm³/mol. The van der Waals surface area contributed by atoms with Gasteiger partial charge in [0.15, 0.2) is 5.13 Å². The minimum atomic E-state index is 0.417. The number of thiazole rings is 1. The van der Waals surface area contributed by atoms with Crippen molar-refractivity contribution >= 4 is 22.2 Å². The number of aromatic nitrogens is 3. The number of aryl methyl sites for hydroxylation is 3. The Bertz CT molecular complexity index is 1140. The third-order valence-electron chi connectivity index (χ3n) is 5.59. The molecule has 4 aromatic rings. The Hall–Kier alpha value is -2.92. The van der Waals surface area contributed by atoms with Crippen molar-refractivity contribution in [1.82, 2.24) is 14.5 Å². The van der Waals surface area contributed by atoms with Gasteiger partial charge in [0.1, 0.15) is 0 Å². The number of fused-ring (bicyclic) bond motifs is 1. The summed E-state index contributed by atoms with van der Waals surface area (Å²) in [4.78, 5) is 10.8. The maximum atomic E-state index is 5.01. The zero-order valence-corrected chi connectivity index (χ0v) is 17.5. The van der Waals surface area contributed by atoms with E-state index in [9.17, 15) is 0 Å². The molecule has 2 heterocycles. The lowest BCUT2D eigenvalue weighted by Gasteiger charge is -2.21.